The Hall–Kier alpha value is -8.06. The van der Waals surface area contributed by atoms with Crippen LogP contribution in [0, 0.1) is 22.7 Å². The molecule has 8 aromatic carbocycles. The Bertz CT molecular complexity index is 2720. The SMILES string of the molecule is N#Cc1nc(-c2ccc(N(c3ccccc3)c3cccc4ccccc34)cc2)c(-c2ccc(N(c3ccccc3)c3cccc4ccccc34)cc2)nc1C#N. The van der Waals surface area contributed by atoms with Gasteiger partial charge in [-0.25, -0.2) is 9.97 Å². The summed E-state index contributed by atoms with van der Waals surface area (Å²) in [6.45, 7) is 0. The molecule has 9 aromatic rings. The second-order valence-corrected chi connectivity index (χ2v) is 13.3. The maximum atomic E-state index is 10.0. The molecule has 0 spiro atoms. The number of rotatable bonds is 8. The molecule has 0 aliphatic heterocycles. The lowest BCUT2D eigenvalue weighted by atomic mass is 10.0. The van der Waals surface area contributed by atoms with Crippen molar-refractivity contribution in [1.82, 2.24) is 9.97 Å². The molecular weight excluding hydrogens is 685 g/mol. The molecule has 6 heteroatoms. The van der Waals surface area contributed by atoms with Gasteiger partial charge in [-0.1, -0.05) is 133 Å². The molecule has 0 N–H and O–H groups in total. The zero-order valence-corrected chi connectivity index (χ0v) is 30.2. The number of fused-ring (bicyclic) bond motifs is 2. The number of aromatic nitrogens is 2. The second-order valence-electron chi connectivity index (χ2n) is 13.3. The van der Waals surface area contributed by atoms with Crippen molar-refractivity contribution in [3.63, 3.8) is 0 Å². The predicted octanol–water partition coefficient (Wildman–Crippen LogP) is 12.8. The Kier molecular flexibility index (Phi) is 8.89. The zero-order chi connectivity index (χ0) is 37.8. The molecular formula is C50H32N6. The molecule has 1 heterocycles. The Labute approximate surface area is 325 Å². The van der Waals surface area contributed by atoms with E-state index in [9.17, 15) is 10.5 Å². The highest BCUT2D eigenvalue weighted by atomic mass is 15.1. The summed E-state index contributed by atoms with van der Waals surface area (Å²) in [5.41, 5.74) is 8.63. The molecule has 0 aliphatic rings. The summed E-state index contributed by atoms with van der Waals surface area (Å²) in [5.74, 6) is 0. The Morgan fingerprint density at radius 3 is 1.07 bits per heavy atom. The first-order chi connectivity index (χ1) is 27.7. The van der Waals surface area contributed by atoms with E-state index in [1.165, 1.54) is 0 Å². The average Bonchev–Trinajstić information content (AvgIpc) is 3.27. The van der Waals surface area contributed by atoms with Gasteiger partial charge in [-0.3, -0.25) is 0 Å². The van der Waals surface area contributed by atoms with Crippen molar-refractivity contribution in [3.8, 4) is 34.7 Å². The summed E-state index contributed by atoms with van der Waals surface area (Å²) in [7, 11) is 0. The van der Waals surface area contributed by atoms with Crippen LogP contribution in [0.5, 0.6) is 0 Å². The minimum absolute atomic E-state index is 0.0141. The van der Waals surface area contributed by atoms with Gasteiger partial charge in [0.2, 0.25) is 0 Å². The van der Waals surface area contributed by atoms with Gasteiger partial charge < -0.3 is 9.80 Å². The topological polar surface area (TPSA) is 79.8 Å². The van der Waals surface area contributed by atoms with Crippen LogP contribution in [-0.2, 0) is 0 Å². The van der Waals surface area contributed by atoms with Gasteiger partial charge in [0, 0.05) is 44.6 Å². The van der Waals surface area contributed by atoms with Crippen LogP contribution in [0.4, 0.5) is 34.1 Å². The van der Waals surface area contributed by atoms with Crippen LogP contribution in [0.3, 0.4) is 0 Å². The highest BCUT2D eigenvalue weighted by Gasteiger charge is 2.21. The van der Waals surface area contributed by atoms with E-state index in [0.29, 0.717) is 11.4 Å². The number of benzene rings is 8. The summed E-state index contributed by atoms with van der Waals surface area (Å²) in [6.07, 6.45) is 0. The van der Waals surface area contributed by atoms with Gasteiger partial charge in [0.1, 0.15) is 12.1 Å². The third-order valence-electron chi connectivity index (χ3n) is 9.95. The first-order valence-electron chi connectivity index (χ1n) is 18.3. The number of nitrogens with zero attached hydrogens (tertiary/aromatic N) is 6. The van der Waals surface area contributed by atoms with E-state index in [1.807, 2.05) is 60.7 Å². The summed E-state index contributed by atoms with van der Waals surface area (Å²) in [6, 6.07) is 70.4. The van der Waals surface area contributed by atoms with E-state index < -0.39 is 0 Å². The molecule has 0 saturated carbocycles. The van der Waals surface area contributed by atoms with Crippen molar-refractivity contribution >= 4 is 55.7 Å². The highest BCUT2D eigenvalue weighted by Crippen LogP contribution is 2.42. The molecule has 0 bridgehead atoms. The molecule has 0 fully saturated rings. The van der Waals surface area contributed by atoms with Gasteiger partial charge in [-0.05, 0) is 71.4 Å². The maximum Gasteiger partial charge on any atom is 0.177 e. The standard InChI is InChI=1S/C50H32N6/c51-33-45-46(34-52)54-50(38-27-31-42(32-28-38)56(40-19-5-2-6-20-40)48-24-12-16-36-14-8-10-22-44(36)48)49(53-45)37-25-29-41(30-26-37)55(39-17-3-1-4-18-39)47-23-11-15-35-13-7-9-21-43(35)47/h1-32H. The molecule has 0 radical (unpaired) electrons. The molecule has 56 heavy (non-hydrogen) atoms. The Morgan fingerprint density at radius 1 is 0.339 bits per heavy atom. The Morgan fingerprint density at radius 2 is 0.679 bits per heavy atom. The second kappa shape index (κ2) is 14.8. The van der Waals surface area contributed by atoms with Crippen molar-refractivity contribution in [2.75, 3.05) is 9.80 Å². The third kappa shape index (κ3) is 6.24. The molecule has 0 aliphatic carbocycles. The van der Waals surface area contributed by atoms with Gasteiger partial charge in [-0.2, -0.15) is 10.5 Å². The number of para-hydroxylation sites is 2. The third-order valence-corrected chi connectivity index (χ3v) is 9.95. The fourth-order valence-corrected chi connectivity index (χ4v) is 7.35. The molecule has 0 atom stereocenters. The minimum Gasteiger partial charge on any atom is -0.310 e. The summed E-state index contributed by atoms with van der Waals surface area (Å²) in [5, 5.41) is 24.6. The van der Waals surface area contributed by atoms with Crippen molar-refractivity contribution < 1.29 is 0 Å². The van der Waals surface area contributed by atoms with E-state index in [2.05, 4.69) is 155 Å². The normalized spacial score (nSPS) is 10.8. The van der Waals surface area contributed by atoms with Gasteiger partial charge in [0.25, 0.3) is 0 Å². The van der Waals surface area contributed by atoms with Crippen LogP contribution in [-0.4, -0.2) is 9.97 Å². The quantitative estimate of drug-likeness (QED) is 0.156. The molecule has 0 saturated heterocycles. The zero-order valence-electron chi connectivity index (χ0n) is 30.2. The molecule has 0 unspecified atom stereocenters. The van der Waals surface area contributed by atoms with Crippen LogP contribution in [0.1, 0.15) is 11.4 Å². The number of hydrogen-bond donors (Lipinski definition) is 0. The average molecular weight is 717 g/mol. The van der Waals surface area contributed by atoms with E-state index in [4.69, 9.17) is 9.97 Å². The van der Waals surface area contributed by atoms with Gasteiger partial charge >= 0.3 is 0 Å². The summed E-state index contributed by atoms with van der Waals surface area (Å²) >= 11 is 0. The van der Waals surface area contributed by atoms with Crippen molar-refractivity contribution in [2.45, 2.75) is 0 Å². The lowest BCUT2D eigenvalue weighted by Gasteiger charge is -2.27. The monoisotopic (exact) mass is 716 g/mol. The van der Waals surface area contributed by atoms with Crippen molar-refractivity contribution in [2.24, 2.45) is 0 Å². The van der Waals surface area contributed by atoms with Gasteiger partial charge in [-0.15, -0.1) is 0 Å². The minimum atomic E-state index is -0.0141. The smallest absolute Gasteiger partial charge is 0.177 e. The van der Waals surface area contributed by atoms with E-state index in [0.717, 1.165) is 66.8 Å². The lowest BCUT2D eigenvalue weighted by Crippen LogP contribution is -2.10. The first-order valence-corrected chi connectivity index (χ1v) is 18.3. The van der Waals surface area contributed by atoms with E-state index in [1.54, 1.807) is 0 Å². The fourth-order valence-electron chi connectivity index (χ4n) is 7.35. The summed E-state index contributed by atoms with van der Waals surface area (Å²) in [4.78, 5) is 14.0. The van der Waals surface area contributed by atoms with Crippen LogP contribution >= 0.6 is 0 Å². The molecule has 6 nitrogen and oxygen atoms in total. The van der Waals surface area contributed by atoms with Gasteiger partial charge in [0.15, 0.2) is 11.4 Å². The largest absolute Gasteiger partial charge is 0.310 e. The first kappa shape index (κ1) is 33.8. The van der Waals surface area contributed by atoms with E-state index >= 15 is 0 Å². The summed E-state index contributed by atoms with van der Waals surface area (Å²) < 4.78 is 0. The molecule has 262 valence electrons. The molecule has 1 aromatic heterocycles. The molecule has 9 rings (SSSR count). The predicted molar refractivity (Wildman–Crippen MR) is 227 cm³/mol. The van der Waals surface area contributed by atoms with Gasteiger partial charge in [0.05, 0.1) is 22.8 Å². The van der Waals surface area contributed by atoms with Crippen LogP contribution in [0.15, 0.2) is 194 Å². The van der Waals surface area contributed by atoms with Crippen molar-refractivity contribution in [3.05, 3.63) is 206 Å². The van der Waals surface area contributed by atoms with Crippen LogP contribution < -0.4 is 9.80 Å². The lowest BCUT2D eigenvalue weighted by molar-refractivity contribution is 1.14. The molecule has 0 amide bonds. The fraction of sp³-hybridized carbons (Fsp3) is 0. The highest BCUT2D eigenvalue weighted by molar-refractivity contribution is 6.00. The maximum absolute atomic E-state index is 10.0. The van der Waals surface area contributed by atoms with Crippen molar-refractivity contribution in [1.29, 1.82) is 10.5 Å². The van der Waals surface area contributed by atoms with E-state index in [-0.39, 0.29) is 11.4 Å². The number of hydrogen-bond acceptors (Lipinski definition) is 6. The Balaban J connectivity index is 1.14. The van der Waals surface area contributed by atoms with Crippen LogP contribution in [0.25, 0.3) is 44.1 Å². The number of anilines is 6. The number of nitriles is 2. The van der Waals surface area contributed by atoms with Crippen LogP contribution in [0.2, 0.25) is 0 Å².